The van der Waals surface area contributed by atoms with E-state index in [1.807, 2.05) is 30.3 Å². The highest BCUT2D eigenvalue weighted by Crippen LogP contribution is 2.01. The highest BCUT2D eigenvalue weighted by molar-refractivity contribution is 5.73. The molecule has 0 saturated carbocycles. The quantitative estimate of drug-likeness (QED) is 0.692. The number of carbonyl (C=O) groups is 1. The van der Waals surface area contributed by atoms with Crippen LogP contribution in [0.25, 0.3) is 0 Å². The molecule has 0 saturated heterocycles. The van der Waals surface area contributed by atoms with Crippen molar-refractivity contribution in [1.82, 2.24) is 0 Å². The van der Waals surface area contributed by atoms with Gasteiger partial charge in [0.15, 0.2) is 6.10 Å². The maximum atomic E-state index is 11.0. The van der Waals surface area contributed by atoms with Crippen molar-refractivity contribution in [2.24, 2.45) is 0 Å². The molecule has 15 heavy (non-hydrogen) atoms. The minimum atomic E-state index is -0.487. The summed E-state index contributed by atoms with van der Waals surface area (Å²) in [6.45, 7) is 2.22. The van der Waals surface area contributed by atoms with Gasteiger partial charge in [0.05, 0.1) is 13.7 Å². The average molecular weight is 208 g/mol. The largest absolute Gasteiger partial charge is 0.467 e. The molecule has 0 radical (unpaired) electrons. The summed E-state index contributed by atoms with van der Waals surface area (Å²) >= 11 is 0. The summed E-state index contributed by atoms with van der Waals surface area (Å²) in [4.78, 5) is 11.0. The Morgan fingerprint density at radius 3 is 2.60 bits per heavy atom. The molecule has 0 bridgehead atoms. The first-order chi connectivity index (χ1) is 7.24. The van der Waals surface area contributed by atoms with Gasteiger partial charge in [0.2, 0.25) is 0 Å². The van der Waals surface area contributed by atoms with Crippen LogP contribution in [0.15, 0.2) is 30.3 Å². The molecule has 0 aliphatic heterocycles. The summed E-state index contributed by atoms with van der Waals surface area (Å²) in [5.41, 5.74) is 1.20. The third-order valence-corrected chi connectivity index (χ3v) is 2.13. The monoisotopic (exact) mass is 208 g/mol. The summed E-state index contributed by atoms with van der Waals surface area (Å²) in [7, 11) is 1.36. The first-order valence-electron chi connectivity index (χ1n) is 4.97. The van der Waals surface area contributed by atoms with Crippen LogP contribution in [-0.4, -0.2) is 25.8 Å². The second-order valence-corrected chi connectivity index (χ2v) is 3.27. The Morgan fingerprint density at radius 2 is 2.00 bits per heavy atom. The van der Waals surface area contributed by atoms with E-state index in [-0.39, 0.29) is 5.97 Å². The Balaban J connectivity index is 2.25. The molecule has 1 aromatic rings. The maximum Gasteiger partial charge on any atom is 0.334 e. The maximum absolute atomic E-state index is 11.0. The lowest BCUT2D eigenvalue weighted by molar-refractivity contribution is -0.152. The first kappa shape index (κ1) is 11.7. The number of hydrogen-bond donors (Lipinski definition) is 0. The van der Waals surface area contributed by atoms with Gasteiger partial charge in [-0.2, -0.15) is 0 Å². The van der Waals surface area contributed by atoms with Crippen molar-refractivity contribution >= 4 is 5.97 Å². The lowest BCUT2D eigenvalue weighted by Gasteiger charge is -2.10. The molecule has 1 rings (SSSR count). The minimum Gasteiger partial charge on any atom is -0.467 e. The summed E-state index contributed by atoms with van der Waals surface area (Å²) < 4.78 is 9.87. The van der Waals surface area contributed by atoms with Crippen molar-refractivity contribution in [1.29, 1.82) is 0 Å². The van der Waals surface area contributed by atoms with Crippen LogP contribution < -0.4 is 0 Å². The molecule has 0 aromatic heterocycles. The van der Waals surface area contributed by atoms with E-state index in [0.29, 0.717) is 6.61 Å². The van der Waals surface area contributed by atoms with Gasteiger partial charge in [-0.3, -0.25) is 0 Å². The number of carbonyl (C=O) groups excluding carboxylic acids is 1. The molecule has 82 valence electrons. The first-order valence-corrected chi connectivity index (χ1v) is 4.97. The van der Waals surface area contributed by atoms with Gasteiger partial charge >= 0.3 is 5.97 Å². The van der Waals surface area contributed by atoms with Crippen LogP contribution >= 0.6 is 0 Å². The van der Waals surface area contributed by atoms with Gasteiger partial charge in [-0.25, -0.2) is 4.79 Å². The smallest absolute Gasteiger partial charge is 0.334 e. The van der Waals surface area contributed by atoms with E-state index in [1.54, 1.807) is 6.92 Å². The molecule has 3 heteroatoms. The third kappa shape index (κ3) is 4.13. The number of benzene rings is 1. The zero-order valence-corrected chi connectivity index (χ0v) is 9.10. The van der Waals surface area contributed by atoms with Crippen LogP contribution in [-0.2, 0) is 20.7 Å². The number of hydrogen-bond acceptors (Lipinski definition) is 3. The van der Waals surface area contributed by atoms with Crippen molar-refractivity contribution in [3.8, 4) is 0 Å². The standard InChI is InChI=1S/C12H16O3/c1-10(12(13)14-2)15-9-8-11-6-4-3-5-7-11/h3-7,10H,8-9H2,1-2H3. The van der Waals surface area contributed by atoms with Crippen LogP contribution in [0.2, 0.25) is 0 Å². The number of esters is 1. The van der Waals surface area contributed by atoms with E-state index >= 15 is 0 Å². The van der Waals surface area contributed by atoms with Crippen LogP contribution in [0.5, 0.6) is 0 Å². The van der Waals surface area contributed by atoms with Crippen LogP contribution in [0.1, 0.15) is 12.5 Å². The van der Waals surface area contributed by atoms with Gasteiger partial charge in [-0.1, -0.05) is 30.3 Å². The summed E-state index contributed by atoms with van der Waals surface area (Å²) in [5, 5.41) is 0. The van der Waals surface area contributed by atoms with Gasteiger partial charge in [0.1, 0.15) is 0 Å². The van der Waals surface area contributed by atoms with Crippen molar-refractivity contribution in [3.63, 3.8) is 0 Å². The van der Waals surface area contributed by atoms with Crippen LogP contribution in [0, 0.1) is 0 Å². The van der Waals surface area contributed by atoms with E-state index in [1.165, 1.54) is 12.7 Å². The molecular weight excluding hydrogens is 192 g/mol. The fraction of sp³-hybridized carbons (Fsp3) is 0.417. The van der Waals surface area contributed by atoms with E-state index in [4.69, 9.17) is 4.74 Å². The third-order valence-electron chi connectivity index (χ3n) is 2.13. The Bertz CT molecular complexity index is 295. The van der Waals surface area contributed by atoms with E-state index in [0.717, 1.165) is 6.42 Å². The van der Waals surface area contributed by atoms with Gasteiger partial charge in [-0.15, -0.1) is 0 Å². The molecule has 0 amide bonds. The molecule has 0 heterocycles. The van der Waals surface area contributed by atoms with E-state index in [9.17, 15) is 4.79 Å². The summed E-state index contributed by atoms with van der Waals surface area (Å²) in [5.74, 6) is -0.330. The van der Waals surface area contributed by atoms with Crippen molar-refractivity contribution in [2.45, 2.75) is 19.4 Å². The predicted octanol–water partition coefficient (Wildman–Crippen LogP) is 1.81. The Hall–Kier alpha value is -1.35. The van der Waals surface area contributed by atoms with E-state index in [2.05, 4.69) is 4.74 Å². The van der Waals surface area contributed by atoms with Crippen LogP contribution in [0.3, 0.4) is 0 Å². The molecule has 3 nitrogen and oxygen atoms in total. The van der Waals surface area contributed by atoms with Gasteiger partial charge in [-0.05, 0) is 18.9 Å². The minimum absolute atomic E-state index is 0.330. The molecule has 0 aliphatic carbocycles. The Morgan fingerprint density at radius 1 is 1.33 bits per heavy atom. The normalized spacial score (nSPS) is 12.1. The van der Waals surface area contributed by atoms with Gasteiger partial charge in [0, 0.05) is 0 Å². The van der Waals surface area contributed by atoms with Crippen LogP contribution in [0.4, 0.5) is 0 Å². The highest BCUT2D eigenvalue weighted by atomic mass is 16.6. The number of rotatable bonds is 5. The van der Waals surface area contributed by atoms with Crippen molar-refractivity contribution in [3.05, 3.63) is 35.9 Å². The molecule has 0 aliphatic rings. The van der Waals surface area contributed by atoms with Gasteiger partial charge in [0.25, 0.3) is 0 Å². The molecule has 0 spiro atoms. The molecule has 1 atom stereocenters. The van der Waals surface area contributed by atoms with Gasteiger partial charge < -0.3 is 9.47 Å². The molecule has 1 unspecified atom stereocenters. The Kier molecular flexibility index (Phi) is 4.84. The molecule has 0 fully saturated rings. The lowest BCUT2D eigenvalue weighted by Crippen LogP contribution is -2.23. The fourth-order valence-electron chi connectivity index (χ4n) is 1.23. The predicted molar refractivity (Wildman–Crippen MR) is 57.6 cm³/mol. The number of methoxy groups -OCH3 is 1. The topological polar surface area (TPSA) is 35.5 Å². The zero-order valence-electron chi connectivity index (χ0n) is 9.10. The summed E-state index contributed by atoms with van der Waals surface area (Å²) in [6.07, 6.45) is 0.320. The second kappa shape index (κ2) is 6.19. The number of ether oxygens (including phenoxy) is 2. The SMILES string of the molecule is COC(=O)C(C)OCCc1ccccc1. The zero-order chi connectivity index (χ0) is 11.1. The van der Waals surface area contributed by atoms with E-state index < -0.39 is 6.10 Å². The molecular formula is C12H16O3. The lowest BCUT2D eigenvalue weighted by atomic mass is 10.2. The van der Waals surface area contributed by atoms with Crippen molar-refractivity contribution < 1.29 is 14.3 Å². The van der Waals surface area contributed by atoms with Crippen molar-refractivity contribution in [2.75, 3.05) is 13.7 Å². The molecule has 1 aromatic carbocycles. The average Bonchev–Trinajstić information content (AvgIpc) is 2.29. The second-order valence-electron chi connectivity index (χ2n) is 3.27. The Labute approximate surface area is 90.0 Å². The molecule has 0 N–H and O–H groups in total. The fourth-order valence-corrected chi connectivity index (χ4v) is 1.23. The highest BCUT2D eigenvalue weighted by Gasteiger charge is 2.12. The summed E-state index contributed by atoms with van der Waals surface area (Å²) in [6, 6.07) is 10.0.